The molecule has 0 fully saturated rings. The third-order valence-corrected chi connectivity index (χ3v) is 2.52. The quantitative estimate of drug-likeness (QED) is 0.784. The van der Waals surface area contributed by atoms with Crippen LogP contribution in [-0.2, 0) is 9.47 Å². The SMILES string of the molecule is CCOC(=O)c1cccn2c(C(=O)OCC)cnc12. The molecule has 0 aromatic carbocycles. The fraction of sp³-hybridized carbons (Fsp3) is 0.308. The average Bonchev–Trinajstić information content (AvgIpc) is 2.82. The van der Waals surface area contributed by atoms with Crippen LogP contribution >= 0.6 is 0 Å². The van der Waals surface area contributed by atoms with Gasteiger partial charge in [0.05, 0.1) is 19.4 Å². The van der Waals surface area contributed by atoms with Crippen LogP contribution in [0, 0.1) is 0 Å². The number of hydrogen-bond acceptors (Lipinski definition) is 5. The number of esters is 2. The van der Waals surface area contributed by atoms with E-state index in [1.165, 1.54) is 10.6 Å². The Morgan fingerprint density at radius 1 is 1.21 bits per heavy atom. The Hall–Kier alpha value is -2.37. The van der Waals surface area contributed by atoms with E-state index in [1.54, 1.807) is 32.2 Å². The van der Waals surface area contributed by atoms with E-state index in [-0.39, 0.29) is 18.9 Å². The van der Waals surface area contributed by atoms with Crippen molar-refractivity contribution in [1.29, 1.82) is 0 Å². The molecule has 0 unspecified atom stereocenters. The summed E-state index contributed by atoms with van der Waals surface area (Å²) in [5.41, 5.74) is 0.979. The lowest BCUT2D eigenvalue weighted by Crippen LogP contribution is -2.10. The number of pyridine rings is 1. The predicted octanol–water partition coefficient (Wildman–Crippen LogP) is 1.69. The van der Waals surface area contributed by atoms with Crippen LogP contribution in [-0.4, -0.2) is 34.5 Å². The summed E-state index contributed by atoms with van der Waals surface area (Å²) < 4.78 is 11.4. The standard InChI is InChI=1S/C13H14N2O4/c1-3-18-12(16)9-6-5-7-15-10(8-14-11(9)15)13(17)19-4-2/h5-8H,3-4H2,1-2H3. The van der Waals surface area contributed by atoms with E-state index in [4.69, 9.17) is 9.47 Å². The van der Waals surface area contributed by atoms with Gasteiger partial charge in [-0.15, -0.1) is 0 Å². The molecule has 0 bridgehead atoms. The molecule has 0 aliphatic rings. The van der Waals surface area contributed by atoms with Crippen LogP contribution in [0.15, 0.2) is 24.5 Å². The average molecular weight is 262 g/mol. The molecule has 0 aliphatic carbocycles. The van der Waals surface area contributed by atoms with Gasteiger partial charge in [-0.1, -0.05) is 0 Å². The minimum atomic E-state index is -0.476. The smallest absolute Gasteiger partial charge is 0.356 e. The highest BCUT2D eigenvalue weighted by molar-refractivity contribution is 5.97. The van der Waals surface area contributed by atoms with Crippen molar-refractivity contribution in [3.05, 3.63) is 35.8 Å². The summed E-state index contributed by atoms with van der Waals surface area (Å²) in [5, 5.41) is 0. The lowest BCUT2D eigenvalue weighted by atomic mass is 10.2. The number of ether oxygens (including phenoxy) is 2. The monoisotopic (exact) mass is 262 g/mol. The molecular weight excluding hydrogens is 248 g/mol. The molecule has 0 N–H and O–H groups in total. The van der Waals surface area contributed by atoms with E-state index in [2.05, 4.69) is 4.98 Å². The first kappa shape index (κ1) is 13.1. The summed E-state index contributed by atoms with van der Waals surface area (Å²) in [5.74, 6) is -0.940. The molecule has 2 aromatic rings. The number of carbonyl (C=O) groups excluding carboxylic acids is 2. The molecule has 100 valence electrons. The van der Waals surface area contributed by atoms with Gasteiger partial charge >= 0.3 is 11.9 Å². The molecule has 19 heavy (non-hydrogen) atoms. The Bertz CT molecular complexity index is 618. The normalized spacial score (nSPS) is 10.4. The third-order valence-electron chi connectivity index (χ3n) is 2.52. The highest BCUT2D eigenvalue weighted by Gasteiger charge is 2.18. The number of fused-ring (bicyclic) bond motifs is 1. The molecule has 6 heteroatoms. The number of hydrogen-bond donors (Lipinski definition) is 0. The van der Waals surface area contributed by atoms with Crippen molar-refractivity contribution < 1.29 is 19.1 Å². The second kappa shape index (κ2) is 5.51. The number of carbonyl (C=O) groups is 2. The molecule has 0 atom stereocenters. The zero-order valence-electron chi connectivity index (χ0n) is 10.8. The Morgan fingerprint density at radius 2 is 1.89 bits per heavy atom. The largest absolute Gasteiger partial charge is 0.462 e. The topological polar surface area (TPSA) is 69.9 Å². The molecule has 0 amide bonds. The molecule has 6 nitrogen and oxygen atoms in total. The number of imidazole rings is 1. The first-order chi connectivity index (χ1) is 9.19. The summed E-state index contributed by atoms with van der Waals surface area (Å²) in [6.45, 7) is 4.02. The van der Waals surface area contributed by atoms with Crippen LogP contribution in [0.3, 0.4) is 0 Å². The zero-order valence-corrected chi connectivity index (χ0v) is 10.8. The van der Waals surface area contributed by atoms with E-state index in [0.717, 1.165) is 0 Å². The summed E-state index contributed by atoms with van der Waals surface area (Å²) in [4.78, 5) is 27.6. The van der Waals surface area contributed by atoms with Crippen molar-refractivity contribution >= 4 is 17.6 Å². The lowest BCUT2D eigenvalue weighted by Gasteiger charge is -2.05. The van der Waals surface area contributed by atoms with Crippen molar-refractivity contribution in [3.8, 4) is 0 Å². The van der Waals surface area contributed by atoms with Gasteiger partial charge in [0.25, 0.3) is 0 Å². The third kappa shape index (κ3) is 2.42. The van der Waals surface area contributed by atoms with Crippen molar-refractivity contribution in [2.24, 2.45) is 0 Å². The van der Waals surface area contributed by atoms with E-state index in [0.29, 0.717) is 11.2 Å². The fourth-order valence-electron chi connectivity index (χ4n) is 1.74. The predicted molar refractivity (Wildman–Crippen MR) is 67.1 cm³/mol. The van der Waals surface area contributed by atoms with Gasteiger partial charge in [0.2, 0.25) is 0 Å². The molecule has 0 saturated carbocycles. The van der Waals surface area contributed by atoms with Gasteiger partial charge in [0.1, 0.15) is 5.56 Å². The van der Waals surface area contributed by atoms with Gasteiger partial charge < -0.3 is 9.47 Å². The van der Waals surface area contributed by atoms with Gasteiger partial charge in [-0.3, -0.25) is 4.40 Å². The minimum absolute atomic E-state index is 0.281. The van der Waals surface area contributed by atoms with Crippen molar-refractivity contribution in [2.75, 3.05) is 13.2 Å². The van der Waals surface area contributed by atoms with Crippen molar-refractivity contribution in [2.45, 2.75) is 13.8 Å². The maximum atomic E-state index is 11.8. The van der Waals surface area contributed by atoms with E-state index >= 15 is 0 Å². The Balaban J connectivity index is 2.48. The van der Waals surface area contributed by atoms with E-state index < -0.39 is 11.9 Å². The first-order valence-electron chi connectivity index (χ1n) is 5.99. The van der Waals surface area contributed by atoms with Crippen molar-refractivity contribution in [1.82, 2.24) is 9.38 Å². The molecule has 2 rings (SSSR count). The van der Waals surface area contributed by atoms with Crippen LogP contribution in [0.1, 0.15) is 34.7 Å². The van der Waals surface area contributed by atoms with Gasteiger partial charge in [0, 0.05) is 6.20 Å². The summed E-state index contributed by atoms with van der Waals surface area (Å²) in [7, 11) is 0. The van der Waals surface area contributed by atoms with E-state index in [1.807, 2.05) is 0 Å². The zero-order chi connectivity index (χ0) is 13.8. The van der Waals surface area contributed by atoms with Gasteiger partial charge in [-0.25, -0.2) is 14.6 Å². The Morgan fingerprint density at radius 3 is 2.58 bits per heavy atom. The number of nitrogens with zero attached hydrogens (tertiary/aromatic N) is 2. The van der Waals surface area contributed by atoms with Gasteiger partial charge in [-0.2, -0.15) is 0 Å². The van der Waals surface area contributed by atoms with E-state index in [9.17, 15) is 9.59 Å². The summed E-state index contributed by atoms with van der Waals surface area (Å²) in [6.07, 6.45) is 3.04. The first-order valence-corrected chi connectivity index (χ1v) is 5.99. The molecule has 0 radical (unpaired) electrons. The molecule has 2 aromatic heterocycles. The molecule has 0 spiro atoms. The number of aromatic nitrogens is 2. The minimum Gasteiger partial charge on any atom is -0.462 e. The second-order valence-corrected chi connectivity index (χ2v) is 3.70. The van der Waals surface area contributed by atoms with Crippen LogP contribution in [0.25, 0.3) is 5.65 Å². The number of rotatable bonds is 4. The fourth-order valence-corrected chi connectivity index (χ4v) is 1.74. The van der Waals surface area contributed by atoms with Crippen LogP contribution in [0.5, 0.6) is 0 Å². The van der Waals surface area contributed by atoms with Gasteiger partial charge in [0.15, 0.2) is 11.3 Å². The molecule has 0 saturated heterocycles. The Labute approximate surface area is 110 Å². The highest BCUT2D eigenvalue weighted by Crippen LogP contribution is 2.14. The van der Waals surface area contributed by atoms with Crippen LogP contribution in [0.2, 0.25) is 0 Å². The highest BCUT2D eigenvalue weighted by atomic mass is 16.5. The molecule has 0 aliphatic heterocycles. The van der Waals surface area contributed by atoms with Crippen LogP contribution in [0.4, 0.5) is 0 Å². The second-order valence-electron chi connectivity index (χ2n) is 3.70. The lowest BCUT2D eigenvalue weighted by molar-refractivity contribution is 0.0509. The van der Waals surface area contributed by atoms with Crippen LogP contribution < -0.4 is 0 Å². The maximum Gasteiger partial charge on any atom is 0.356 e. The van der Waals surface area contributed by atoms with Crippen molar-refractivity contribution in [3.63, 3.8) is 0 Å². The molecule has 2 heterocycles. The maximum absolute atomic E-state index is 11.8. The summed E-state index contributed by atoms with van der Waals surface area (Å²) >= 11 is 0. The summed E-state index contributed by atoms with van der Waals surface area (Å²) in [6, 6.07) is 3.26. The van der Waals surface area contributed by atoms with Gasteiger partial charge in [-0.05, 0) is 26.0 Å². The Kier molecular flexibility index (Phi) is 3.79. The molecular formula is C13H14N2O4.